The number of nitrogens with zero attached hydrogens (tertiary/aromatic N) is 1. The van der Waals surface area contributed by atoms with Gasteiger partial charge in [0.1, 0.15) is 5.75 Å². The first-order valence-corrected chi connectivity index (χ1v) is 7.67. The van der Waals surface area contributed by atoms with Crippen molar-refractivity contribution < 1.29 is 19.4 Å². The molecule has 0 unspecified atom stereocenters. The average molecular weight is 356 g/mol. The first kappa shape index (κ1) is 15.8. The van der Waals surface area contributed by atoms with E-state index in [1.807, 2.05) is 25.1 Å². The third-order valence-electron chi connectivity index (χ3n) is 3.31. The minimum absolute atomic E-state index is 0.0313. The van der Waals surface area contributed by atoms with Crippen LogP contribution >= 0.6 is 15.9 Å². The van der Waals surface area contributed by atoms with Gasteiger partial charge in [0.2, 0.25) is 0 Å². The number of hydrogen-bond acceptors (Lipinski definition) is 3. The highest BCUT2D eigenvalue weighted by atomic mass is 79.9. The van der Waals surface area contributed by atoms with Crippen molar-refractivity contribution >= 4 is 27.8 Å². The van der Waals surface area contributed by atoms with Crippen molar-refractivity contribution in [1.29, 1.82) is 0 Å². The van der Waals surface area contributed by atoms with Crippen LogP contribution in [0.25, 0.3) is 0 Å². The molecule has 1 aliphatic rings. The predicted molar refractivity (Wildman–Crippen MR) is 81.4 cm³/mol. The third kappa shape index (κ3) is 4.74. The molecule has 1 amide bonds. The molecular formula is C15H18BrNO4. The molecule has 0 atom stereocenters. The summed E-state index contributed by atoms with van der Waals surface area (Å²) in [6.45, 7) is 2.15. The molecule has 5 nitrogen and oxygen atoms in total. The van der Waals surface area contributed by atoms with Crippen LogP contribution < -0.4 is 4.74 Å². The third-order valence-corrected chi connectivity index (χ3v) is 3.93. The van der Waals surface area contributed by atoms with Crippen LogP contribution in [0, 0.1) is 6.92 Å². The van der Waals surface area contributed by atoms with E-state index in [9.17, 15) is 9.59 Å². The molecule has 6 heteroatoms. The molecule has 1 N–H and O–H groups in total. The van der Waals surface area contributed by atoms with E-state index in [2.05, 4.69) is 15.9 Å². The SMILES string of the molecule is Cc1ccc(OCC(=O)N(CCC(=O)O)C2CC2)c(Br)c1. The van der Waals surface area contributed by atoms with Crippen molar-refractivity contribution in [2.75, 3.05) is 13.2 Å². The molecule has 0 aromatic heterocycles. The number of ether oxygens (including phenoxy) is 1. The summed E-state index contributed by atoms with van der Waals surface area (Å²) in [5.41, 5.74) is 1.10. The maximum Gasteiger partial charge on any atom is 0.305 e. The van der Waals surface area contributed by atoms with Crippen molar-refractivity contribution in [2.45, 2.75) is 32.2 Å². The highest BCUT2D eigenvalue weighted by Gasteiger charge is 2.32. The Labute approximate surface area is 132 Å². The number of aliphatic carboxylic acids is 1. The zero-order valence-corrected chi connectivity index (χ0v) is 13.4. The molecule has 1 aromatic rings. The van der Waals surface area contributed by atoms with E-state index >= 15 is 0 Å². The minimum atomic E-state index is -0.893. The van der Waals surface area contributed by atoms with Gasteiger partial charge in [-0.2, -0.15) is 0 Å². The summed E-state index contributed by atoms with van der Waals surface area (Å²) in [5.74, 6) is -0.440. The van der Waals surface area contributed by atoms with Gasteiger partial charge in [-0.05, 0) is 53.4 Å². The van der Waals surface area contributed by atoms with E-state index in [1.54, 1.807) is 4.90 Å². The van der Waals surface area contributed by atoms with Crippen LogP contribution in [0.4, 0.5) is 0 Å². The van der Waals surface area contributed by atoms with Crippen LogP contribution in [0.5, 0.6) is 5.75 Å². The quantitative estimate of drug-likeness (QED) is 0.816. The Hall–Kier alpha value is -1.56. The molecule has 1 fully saturated rings. The van der Waals surface area contributed by atoms with Crippen molar-refractivity contribution in [1.82, 2.24) is 4.90 Å². The molecule has 0 radical (unpaired) electrons. The van der Waals surface area contributed by atoms with Crippen molar-refractivity contribution in [3.8, 4) is 5.75 Å². The van der Waals surface area contributed by atoms with Gasteiger partial charge in [0.25, 0.3) is 5.91 Å². The molecule has 2 rings (SSSR count). The zero-order valence-electron chi connectivity index (χ0n) is 11.8. The zero-order chi connectivity index (χ0) is 15.4. The predicted octanol–water partition coefficient (Wildman–Crippen LogP) is 2.60. The molecule has 0 heterocycles. The Bertz CT molecular complexity index is 542. The fourth-order valence-electron chi connectivity index (χ4n) is 2.06. The van der Waals surface area contributed by atoms with E-state index in [1.165, 1.54) is 0 Å². The number of halogens is 1. The second-order valence-electron chi connectivity index (χ2n) is 5.18. The molecular weight excluding hydrogens is 338 g/mol. The second kappa shape index (κ2) is 6.93. The van der Waals surface area contributed by atoms with Crippen molar-refractivity contribution in [3.63, 3.8) is 0 Å². The number of carbonyl (C=O) groups excluding carboxylic acids is 1. The number of carboxylic acids is 1. The van der Waals surface area contributed by atoms with Gasteiger partial charge in [0.05, 0.1) is 10.9 Å². The fourth-order valence-corrected chi connectivity index (χ4v) is 2.67. The molecule has 114 valence electrons. The van der Waals surface area contributed by atoms with Gasteiger partial charge >= 0.3 is 5.97 Å². The van der Waals surface area contributed by atoms with E-state index in [4.69, 9.17) is 9.84 Å². The molecule has 1 saturated carbocycles. The Morgan fingerprint density at radius 3 is 2.71 bits per heavy atom. The lowest BCUT2D eigenvalue weighted by atomic mass is 10.2. The largest absolute Gasteiger partial charge is 0.483 e. The van der Waals surface area contributed by atoms with E-state index in [0.29, 0.717) is 5.75 Å². The normalized spacial score (nSPS) is 13.8. The number of hydrogen-bond donors (Lipinski definition) is 1. The lowest BCUT2D eigenvalue weighted by Gasteiger charge is -2.21. The molecule has 1 aliphatic carbocycles. The molecule has 1 aromatic carbocycles. The lowest BCUT2D eigenvalue weighted by Crippen LogP contribution is -2.38. The smallest absolute Gasteiger partial charge is 0.305 e. The van der Waals surface area contributed by atoms with Crippen LogP contribution in [0.1, 0.15) is 24.8 Å². The first-order chi connectivity index (χ1) is 9.97. The number of rotatable bonds is 7. The van der Waals surface area contributed by atoms with Gasteiger partial charge in [-0.1, -0.05) is 6.07 Å². The maximum atomic E-state index is 12.2. The summed E-state index contributed by atoms with van der Waals surface area (Å²) in [6, 6.07) is 5.82. The Kier molecular flexibility index (Phi) is 5.22. The topological polar surface area (TPSA) is 66.8 Å². The lowest BCUT2D eigenvalue weighted by molar-refractivity contribution is -0.139. The summed E-state index contributed by atoms with van der Waals surface area (Å²) >= 11 is 3.40. The first-order valence-electron chi connectivity index (χ1n) is 6.87. The molecule has 21 heavy (non-hydrogen) atoms. The Morgan fingerprint density at radius 2 is 2.14 bits per heavy atom. The number of benzene rings is 1. The minimum Gasteiger partial charge on any atom is -0.483 e. The van der Waals surface area contributed by atoms with Crippen LogP contribution in [0.2, 0.25) is 0 Å². The van der Waals surface area contributed by atoms with Gasteiger partial charge in [-0.3, -0.25) is 9.59 Å². The van der Waals surface area contributed by atoms with E-state index in [-0.39, 0.29) is 31.5 Å². The summed E-state index contributed by atoms with van der Waals surface area (Å²) in [5, 5.41) is 8.74. The highest BCUT2D eigenvalue weighted by Crippen LogP contribution is 2.28. The highest BCUT2D eigenvalue weighted by molar-refractivity contribution is 9.10. The Balaban J connectivity index is 1.91. The van der Waals surface area contributed by atoms with Gasteiger partial charge < -0.3 is 14.7 Å². The number of amides is 1. The van der Waals surface area contributed by atoms with Crippen LogP contribution in [0.15, 0.2) is 22.7 Å². The van der Waals surface area contributed by atoms with Crippen molar-refractivity contribution in [3.05, 3.63) is 28.2 Å². The maximum absolute atomic E-state index is 12.2. The molecule has 0 bridgehead atoms. The number of aryl methyl sites for hydroxylation is 1. The van der Waals surface area contributed by atoms with Gasteiger partial charge in [0.15, 0.2) is 6.61 Å². The van der Waals surface area contributed by atoms with Crippen LogP contribution in [-0.2, 0) is 9.59 Å². The van der Waals surface area contributed by atoms with Gasteiger partial charge in [-0.25, -0.2) is 0 Å². The molecule has 0 saturated heterocycles. The summed E-state index contributed by atoms with van der Waals surface area (Å²) in [7, 11) is 0. The monoisotopic (exact) mass is 355 g/mol. The van der Waals surface area contributed by atoms with Crippen LogP contribution in [-0.4, -0.2) is 41.1 Å². The van der Waals surface area contributed by atoms with Gasteiger partial charge in [0, 0.05) is 12.6 Å². The number of carboxylic acid groups (broad SMARTS) is 1. The molecule has 0 spiro atoms. The number of carbonyl (C=O) groups is 2. The van der Waals surface area contributed by atoms with E-state index in [0.717, 1.165) is 22.9 Å². The summed E-state index contributed by atoms with van der Waals surface area (Å²) in [6.07, 6.45) is 1.86. The van der Waals surface area contributed by atoms with Gasteiger partial charge in [-0.15, -0.1) is 0 Å². The van der Waals surface area contributed by atoms with Crippen LogP contribution in [0.3, 0.4) is 0 Å². The van der Waals surface area contributed by atoms with Crippen molar-refractivity contribution in [2.24, 2.45) is 0 Å². The Morgan fingerprint density at radius 1 is 1.43 bits per heavy atom. The second-order valence-corrected chi connectivity index (χ2v) is 6.04. The average Bonchev–Trinajstić information content (AvgIpc) is 3.22. The van der Waals surface area contributed by atoms with E-state index < -0.39 is 5.97 Å². The fraction of sp³-hybridized carbons (Fsp3) is 0.467. The summed E-state index contributed by atoms with van der Waals surface area (Å²) < 4.78 is 6.34. The summed E-state index contributed by atoms with van der Waals surface area (Å²) in [4.78, 5) is 24.5. The molecule has 0 aliphatic heterocycles. The standard InChI is InChI=1S/C15H18BrNO4/c1-10-2-5-13(12(16)8-10)21-9-14(18)17(11-3-4-11)7-6-15(19)20/h2,5,8,11H,3-4,6-7,9H2,1H3,(H,19,20).